The van der Waals surface area contributed by atoms with Gasteiger partial charge in [0.15, 0.2) is 0 Å². The van der Waals surface area contributed by atoms with Crippen molar-refractivity contribution in [2.75, 3.05) is 6.61 Å². The summed E-state index contributed by atoms with van der Waals surface area (Å²) in [5, 5.41) is 4.04. The lowest BCUT2D eigenvalue weighted by molar-refractivity contribution is 0.0526. The molecular weight excluding hydrogens is 318 g/mol. The predicted octanol–water partition coefficient (Wildman–Crippen LogP) is 1.43. The smallest absolute Gasteiger partial charge is 0.338 e. The molecular formula is C15H19N3O4S. The fourth-order valence-electron chi connectivity index (χ4n) is 2.04. The number of benzene rings is 1. The second-order valence-electron chi connectivity index (χ2n) is 5.00. The molecule has 124 valence electrons. The number of carbonyl (C=O) groups excluding carboxylic acids is 1. The Morgan fingerprint density at radius 3 is 2.61 bits per heavy atom. The SMILES string of the molecule is CCOC(=O)c1ccc(S(=O)(=O)N[C@@H](C)Cn2cccn2)cc1. The van der Waals surface area contributed by atoms with Crippen LogP contribution in [0.5, 0.6) is 0 Å². The molecule has 1 N–H and O–H groups in total. The van der Waals surface area contributed by atoms with E-state index in [2.05, 4.69) is 9.82 Å². The zero-order valence-corrected chi connectivity index (χ0v) is 13.8. The number of carbonyl (C=O) groups is 1. The van der Waals surface area contributed by atoms with Crippen molar-refractivity contribution in [3.05, 3.63) is 48.3 Å². The quantitative estimate of drug-likeness (QED) is 0.772. The van der Waals surface area contributed by atoms with Gasteiger partial charge in [-0.25, -0.2) is 17.9 Å². The molecule has 0 aliphatic rings. The van der Waals surface area contributed by atoms with Crippen LogP contribution in [0.3, 0.4) is 0 Å². The second-order valence-corrected chi connectivity index (χ2v) is 6.71. The van der Waals surface area contributed by atoms with Gasteiger partial charge in [-0.3, -0.25) is 4.68 Å². The van der Waals surface area contributed by atoms with Crippen LogP contribution in [0.1, 0.15) is 24.2 Å². The summed E-state index contributed by atoms with van der Waals surface area (Å²) in [6.45, 7) is 4.16. The number of nitrogens with zero attached hydrogens (tertiary/aromatic N) is 2. The number of ether oxygens (including phenoxy) is 1. The van der Waals surface area contributed by atoms with E-state index in [0.717, 1.165) is 0 Å². The van der Waals surface area contributed by atoms with E-state index < -0.39 is 16.0 Å². The van der Waals surface area contributed by atoms with Crippen molar-refractivity contribution in [1.82, 2.24) is 14.5 Å². The number of hydrogen-bond donors (Lipinski definition) is 1. The minimum absolute atomic E-state index is 0.0952. The Kier molecular flexibility index (Phi) is 5.51. The number of hydrogen-bond acceptors (Lipinski definition) is 5. The van der Waals surface area contributed by atoms with Crippen LogP contribution in [-0.2, 0) is 21.3 Å². The molecule has 0 radical (unpaired) electrons. The van der Waals surface area contributed by atoms with Gasteiger partial charge in [0.2, 0.25) is 10.0 Å². The highest BCUT2D eigenvalue weighted by molar-refractivity contribution is 7.89. The first kappa shape index (κ1) is 17.2. The maximum absolute atomic E-state index is 12.3. The Hall–Kier alpha value is -2.19. The van der Waals surface area contributed by atoms with Crippen LogP contribution in [0.4, 0.5) is 0 Å². The molecule has 0 fully saturated rings. The highest BCUT2D eigenvalue weighted by atomic mass is 32.2. The normalized spacial score (nSPS) is 12.8. The van der Waals surface area contributed by atoms with Crippen molar-refractivity contribution in [2.24, 2.45) is 0 Å². The highest BCUT2D eigenvalue weighted by Crippen LogP contribution is 2.12. The van der Waals surface area contributed by atoms with E-state index in [4.69, 9.17) is 4.74 Å². The molecule has 0 unspecified atom stereocenters. The molecule has 23 heavy (non-hydrogen) atoms. The van der Waals surface area contributed by atoms with Gasteiger partial charge in [-0.05, 0) is 44.2 Å². The van der Waals surface area contributed by atoms with Crippen molar-refractivity contribution >= 4 is 16.0 Å². The molecule has 0 saturated carbocycles. The highest BCUT2D eigenvalue weighted by Gasteiger charge is 2.18. The summed E-state index contributed by atoms with van der Waals surface area (Å²) in [4.78, 5) is 11.7. The third-order valence-corrected chi connectivity index (χ3v) is 4.66. The fourth-order valence-corrected chi connectivity index (χ4v) is 3.28. The van der Waals surface area contributed by atoms with Gasteiger partial charge in [-0.15, -0.1) is 0 Å². The zero-order chi connectivity index (χ0) is 16.9. The Bertz CT molecular complexity index is 740. The van der Waals surface area contributed by atoms with Crippen molar-refractivity contribution < 1.29 is 17.9 Å². The van der Waals surface area contributed by atoms with E-state index >= 15 is 0 Å². The molecule has 2 aromatic rings. The first-order valence-corrected chi connectivity index (χ1v) is 8.67. The van der Waals surface area contributed by atoms with Gasteiger partial charge >= 0.3 is 5.97 Å². The first-order valence-electron chi connectivity index (χ1n) is 7.19. The third kappa shape index (κ3) is 4.64. The Labute approximate surface area is 135 Å². The van der Waals surface area contributed by atoms with Gasteiger partial charge < -0.3 is 4.74 Å². The van der Waals surface area contributed by atoms with E-state index in [1.165, 1.54) is 24.3 Å². The third-order valence-electron chi connectivity index (χ3n) is 3.05. The molecule has 0 aliphatic heterocycles. The molecule has 2 rings (SSSR count). The largest absolute Gasteiger partial charge is 0.462 e. The summed E-state index contributed by atoms with van der Waals surface area (Å²) in [7, 11) is -3.66. The van der Waals surface area contributed by atoms with E-state index in [9.17, 15) is 13.2 Å². The molecule has 7 nitrogen and oxygen atoms in total. The van der Waals surface area contributed by atoms with Crippen LogP contribution in [0.2, 0.25) is 0 Å². The molecule has 1 aromatic heterocycles. The monoisotopic (exact) mass is 337 g/mol. The molecule has 0 aliphatic carbocycles. The van der Waals surface area contributed by atoms with E-state index in [-0.39, 0.29) is 17.5 Å². The number of aromatic nitrogens is 2. The van der Waals surface area contributed by atoms with Crippen molar-refractivity contribution in [1.29, 1.82) is 0 Å². The van der Waals surface area contributed by atoms with Gasteiger partial charge in [0, 0.05) is 18.4 Å². The molecule has 1 aromatic carbocycles. The Morgan fingerprint density at radius 2 is 2.04 bits per heavy atom. The standard InChI is InChI=1S/C15H19N3O4S/c1-3-22-15(19)13-5-7-14(8-6-13)23(20,21)17-12(2)11-18-10-4-9-16-18/h4-10,12,17H,3,11H2,1-2H3/t12-/m0/s1. The average molecular weight is 337 g/mol. The minimum Gasteiger partial charge on any atom is -0.462 e. The summed E-state index contributed by atoms with van der Waals surface area (Å²) in [6.07, 6.45) is 3.40. The van der Waals surface area contributed by atoms with E-state index in [1.54, 1.807) is 37.0 Å². The van der Waals surface area contributed by atoms with Crippen LogP contribution < -0.4 is 4.72 Å². The van der Waals surface area contributed by atoms with Crippen LogP contribution in [-0.4, -0.2) is 36.8 Å². The molecule has 0 spiro atoms. The Balaban J connectivity index is 2.05. The molecule has 8 heteroatoms. The molecule has 1 atom stereocenters. The van der Waals surface area contributed by atoms with Gasteiger partial charge in [-0.2, -0.15) is 5.10 Å². The molecule has 0 saturated heterocycles. The van der Waals surface area contributed by atoms with Crippen LogP contribution in [0, 0.1) is 0 Å². The van der Waals surface area contributed by atoms with Gasteiger partial charge in [0.05, 0.1) is 23.6 Å². The summed E-state index contributed by atoms with van der Waals surface area (Å²) in [5.74, 6) is -0.476. The number of sulfonamides is 1. The topological polar surface area (TPSA) is 90.3 Å². The second kappa shape index (κ2) is 7.38. The summed E-state index contributed by atoms with van der Waals surface area (Å²) >= 11 is 0. The first-order chi connectivity index (χ1) is 10.9. The molecule has 0 amide bonds. The zero-order valence-electron chi connectivity index (χ0n) is 13.0. The van der Waals surface area contributed by atoms with Crippen LogP contribution in [0.25, 0.3) is 0 Å². The lowest BCUT2D eigenvalue weighted by Crippen LogP contribution is -2.35. The van der Waals surface area contributed by atoms with Crippen LogP contribution >= 0.6 is 0 Å². The Morgan fingerprint density at radius 1 is 1.35 bits per heavy atom. The van der Waals surface area contributed by atoms with Crippen LogP contribution in [0.15, 0.2) is 47.6 Å². The van der Waals surface area contributed by atoms with Gasteiger partial charge in [0.1, 0.15) is 0 Å². The fraction of sp³-hybridized carbons (Fsp3) is 0.333. The average Bonchev–Trinajstić information content (AvgIpc) is 3.00. The van der Waals surface area contributed by atoms with Crippen molar-refractivity contribution in [2.45, 2.75) is 31.3 Å². The van der Waals surface area contributed by atoms with Gasteiger partial charge in [-0.1, -0.05) is 0 Å². The predicted molar refractivity (Wildman–Crippen MR) is 84.4 cm³/mol. The molecule has 0 bridgehead atoms. The minimum atomic E-state index is -3.66. The van der Waals surface area contributed by atoms with Crippen molar-refractivity contribution in [3.8, 4) is 0 Å². The lowest BCUT2D eigenvalue weighted by Gasteiger charge is -2.14. The number of rotatable bonds is 7. The van der Waals surface area contributed by atoms with E-state index in [1.807, 2.05) is 0 Å². The van der Waals surface area contributed by atoms with Crippen molar-refractivity contribution in [3.63, 3.8) is 0 Å². The van der Waals surface area contributed by atoms with E-state index in [0.29, 0.717) is 12.1 Å². The lowest BCUT2D eigenvalue weighted by atomic mass is 10.2. The maximum atomic E-state index is 12.3. The summed E-state index contributed by atoms with van der Waals surface area (Å²) in [6, 6.07) is 7.08. The maximum Gasteiger partial charge on any atom is 0.338 e. The number of esters is 1. The summed E-state index contributed by atoms with van der Waals surface area (Å²) < 4.78 is 33.7. The summed E-state index contributed by atoms with van der Waals surface area (Å²) in [5.41, 5.74) is 0.315. The molecule has 1 heterocycles. The number of nitrogens with one attached hydrogen (secondary N) is 1. The van der Waals surface area contributed by atoms with Gasteiger partial charge in [0.25, 0.3) is 0 Å².